The Kier molecular flexibility index (Phi) is 6.51. The van der Waals surface area contributed by atoms with Crippen molar-refractivity contribution < 1.29 is 14.3 Å². The number of rotatable bonds is 7. The molecular formula is C26H29N3O3S. The highest BCUT2D eigenvalue weighted by Gasteiger charge is 2.29. The van der Waals surface area contributed by atoms with E-state index in [0.717, 1.165) is 23.2 Å². The van der Waals surface area contributed by atoms with Crippen molar-refractivity contribution in [3.63, 3.8) is 0 Å². The lowest BCUT2D eigenvalue weighted by atomic mass is 9.82. The lowest BCUT2D eigenvalue weighted by Crippen LogP contribution is -2.38. The zero-order chi connectivity index (χ0) is 23.6. The predicted octanol–water partition coefficient (Wildman–Crippen LogP) is 5.25. The molecule has 0 unspecified atom stereocenters. The molecule has 0 saturated heterocycles. The molecular weight excluding hydrogens is 434 g/mol. The van der Waals surface area contributed by atoms with E-state index in [4.69, 9.17) is 4.74 Å². The van der Waals surface area contributed by atoms with Crippen molar-refractivity contribution >= 4 is 28.8 Å². The van der Waals surface area contributed by atoms with Crippen LogP contribution in [0.3, 0.4) is 0 Å². The van der Waals surface area contributed by atoms with E-state index in [1.54, 1.807) is 10.3 Å². The monoisotopic (exact) mass is 463 g/mol. The number of benzene rings is 2. The maximum absolute atomic E-state index is 12.7. The van der Waals surface area contributed by atoms with Gasteiger partial charge >= 0.3 is 0 Å². The average molecular weight is 464 g/mol. The van der Waals surface area contributed by atoms with Gasteiger partial charge in [-0.15, -0.1) is 11.3 Å². The van der Waals surface area contributed by atoms with Gasteiger partial charge < -0.3 is 10.1 Å². The number of nitrogens with one attached hydrogen (secondary N) is 1. The summed E-state index contributed by atoms with van der Waals surface area (Å²) in [6.45, 7) is 8.77. The maximum atomic E-state index is 12.7. The van der Waals surface area contributed by atoms with Crippen molar-refractivity contribution in [1.29, 1.82) is 0 Å². The summed E-state index contributed by atoms with van der Waals surface area (Å²) in [5.74, 6) is 0.346. The van der Waals surface area contributed by atoms with Crippen LogP contribution in [0.2, 0.25) is 0 Å². The molecule has 1 N–H and O–H groups in total. The lowest BCUT2D eigenvalue weighted by Gasteiger charge is -2.31. The first-order valence-corrected chi connectivity index (χ1v) is 12.0. The van der Waals surface area contributed by atoms with E-state index in [2.05, 4.69) is 37.1 Å². The quantitative estimate of drug-likeness (QED) is 0.520. The second-order valence-electron chi connectivity index (χ2n) is 8.92. The smallest absolute Gasteiger partial charge is 0.271 e. The Morgan fingerprint density at radius 1 is 1.24 bits per heavy atom. The van der Waals surface area contributed by atoms with Gasteiger partial charge in [0, 0.05) is 5.38 Å². The Morgan fingerprint density at radius 2 is 2.00 bits per heavy atom. The van der Waals surface area contributed by atoms with Crippen LogP contribution in [0.25, 0.3) is 0 Å². The molecule has 7 heteroatoms. The first kappa shape index (κ1) is 23.0. The fourth-order valence-electron chi connectivity index (χ4n) is 3.72. The molecule has 172 valence electrons. The number of amides is 2. The summed E-state index contributed by atoms with van der Waals surface area (Å²) in [5.41, 5.74) is 3.29. The van der Waals surface area contributed by atoms with Crippen molar-refractivity contribution in [2.45, 2.75) is 52.1 Å². The number of carbonyl (C=O) groups is 2. The topological polar surface area (TPSA) is 71.5 Å². The second-order valence-corrected chi connectivity index (χ2v) is 9.86. The number of carbonyl (C=O) groups excluding carboxylic acids is 2. The van der Waals surface area contributed by atoms with E-state index in [0.29, 0.717) is 23.0 Å². The van der Waals surface area contributed by atoms with Gasteiger partial charge in [-0.1, -0.05) is 57.2 Å². The molecule has 0 aliphatic carbocycles. The molecule has 2 heterocycles. The third kappa shape index (κ3) is 4.93. The molecule has 4 rings (SSSR count). The Morgan fingerprint density at radius 3 is 2.73 bits per heavy atom. The molecule has 6 nitrogen and oxygen atoms in total. The van der Waals surface area contributed by atoms with Crippen molar-refractivity contribution in [3.05, 3.63) is 75.7 Å². The number of nitrogens with zero attached hydrogens (tertiary/aromatic N) is 2. The van der Waals surface area contributed by atoms with Crippen molar-refractivity contribution in [1.82, 2.24) is 10.3 Å². The van der Waals surface area contributed by atoms with Crippen molar-refractivity contribution in [3.8, 4) is 5.75 Å². The van der Waals surface area contributed by atoms with E-state index >= 15 is 0 Å². The third-order valence-corrected chi connectivity index (χ3v) is 7.13. The van der Waals surface area contributed by atoms with Gasteiger partial charge in [0.2, 0.25) is 0 Å². The number of fused-ring (bicyclic) bond motifs is 1. The van der Waals surface area contributed by atoms with Crippen LogP contribution in [0, 0.1) is 0 Å². The van der Waals surface area contributed by atoms with E-state index in [1.807, 2.05) is 49.4 Å². The highest BCUT2D eigenvalue weighted by Crippen LogP contribution is 2.38. The van der Waals surface area contributed by atoms with Crippen LogP contribution < -0.4 is 15.0 Å². The highest BCUT2D eigenvalue weighted by molar-refractivity contribution is 7.09. The van der Waals surface area contributed by atoms with Gasteiger partial charge in [0.05, 0.1) is 18.3 Å². The van der Waals surface area contributed by atoms with Gasteiger partial charge in [0.15, 0.2) is 6.61 Å². The molecule has 0 radical (unpaired) electrons. The second kappa shape index (κ2) is 9.35. The molecule has 2 amide bonds. The molecule has 0 spiro atoms. The summed E-state index contributed by atoms with van der Waals surface area (Å²) < 4.78 is 5.66. The minimum Gasteiger partial charge on any atom is -0.482 e. The van der Waals surface area contributed by atoms with Crippen LogP contribution in [0.15, 0.2) is 53.9 Å². The van der Waals surface area contributed by atoms with Crippen LogP contribution in [-0.2, 0) is 16.8 Å². The number of ether oxygens (including phenoxy) is 1. The molecule has 0 fully saturated rings. The van der Waals surface area contributed by atoms with Gasteiger partial charge in [-0.25, -0.2) is 4.98 Å². The largest absolute Gasteiger partial charge is 0.482 e. The minimum absolute atomic E-state index is 0.00315. The predicted molar refractivity (Wildman–Crippen MR) is 131 cm³/mol. The van der Waals surface area contributed by atoms with Gasteiger partial charge in [-0.05, 0) is 42.0 Å². The van der Waals surface area contributed by atoms with Crippen molar-refractivity contribution in [2.24, 2.45) is 0 Å². The summed E-state index contributed by atoms with van der Waals surface area (Å²) in [4.78, 5) is 31.7. The fourth-order valence-corrected chi connectivity index (χ4v) is 4.48. The van der Waals surface area contributed by atoms with E-state index in [1.165, 1.54) is 11.3 Å². The van der Waals surface area contributed by atoms with E-state index in [-0.39, 0.29) is 29.9 Å². The zero-order valence-corrected chi connectivity index (χ0v) is 20.2. The number of hydrogen-bond acceptors (Lipinski definition) is 5. The maximum Gasteiger partial charge on any atom is 0.271 e. The lowest BCUT2D eigenvalue weighted by molar-refractivity contribution is -0.121. The van der Waals surface area contributed by atoms with E-state index < -0.39 is 0 Å². The highest BCUT2D eigenvalue weighted by atomic mass is 32.1. The van der Waals surface area contributed by atoms with E-state index in [9.17, 15) is 9.59 Å². The molecule has 3 aromatic rings. The minimum atomic E-state index is -0.227. The molecule has 1 aliphatic heterocycles. The van der Waals surface area contributed by atoms with Gasteiger partial charge in [0.25, 0.3) is 11.8 Å². The molecule has 33 heavy (non-hydrogen) atoms. The Bertz CT molecular complexity index is 1160. The number of thiazole rings is 1. The first-order chi connectivity index (χ1) is 15.8. The Labute approximate surface area is 198 Å². The molecule has 1 atom stereocenters. The standard InChI is InChI=1S/C26H29N3O3S/c1-5-26(3,4)19-11-12-22-21(13-19)29(24(30)15-32-22)14-23-28-20(16-33-23)25(31)27-17(2)18-9-7-6-8-10-18/h6-13,16-17H,5,14-15H2,1-4H3,(H,27,31)/t17-/m1/s1. The summed E-state index contributed by atoms with van der Waals surface area (Å²) in [6, 6.07) is 15.7. The third-order valence-electron chi connectivity index (χ3n) is 6.29. The number of aromatic nitrogens is 1. The zero-order valence-electron chi connectivity index (χ0n) is 19.4. The number of anilines is 1. The van der Waals surface area contributed by atoms with Gasteiger partial charge in [-0.2, -0.15) is 0 Å². The Balaban J connectivity index is 1.52. The summed E-state index contributed by atoms with van der Waals surface area (Å²) >= 11 is 1.38. The molecule has 0 saturated carbocycles. The fraction of sp³-hybridized carbons (Fsp3) is 0.346. The summed E-state index contributed by atoms with van der Waals surface area (Å²) in [5, 5.41) is 5.43. The van der Waals surface area contributed by atoms with Crippen molar-refractivity contribution in [2.75, 3.05) is 11.5 Å². The summed E-state index contributed by atoms with van der Waals surface area (Å²) in [7, 11) is 0. The summed E-state index contributed by atoms with van der Waals surface area (Å²) in [6.07, 6.45) is 0.979. The molecule has 1 aromatic heterocycles. The SMILES string of the molecule is CCC(C)(C)c1ccc2c(c1)N(Cc1nc(C(=O)N[C@H](C)c3ccccc3)cs1)C(=O)CO2. The van der Waals surface area contributed by atoms with Crippen LogP contribution in [-0.4, -0.2) is 23.4 Å². The van der Waals surface area contributed by atoms with Crippen LogP contribution in [0.5, 0.6) is 5.75 Å². The van der Waals surface area contributed by atoms with Crippen LogP contribution >= 0.6 is 11.3 Å². The normalized spacial score (nSPS) is 14.4. The molecule has 1 aliphatic rings. The van der Waals surface area contributed by atoms with Gasteiger partial charge in [0.1, 0.15) is 16.5 Å². The first-order valence-electron chi connectivity index (χ1n) is 11.2. The van der Waals surface area contributed by atoms with Crippen LogP contribution in [0.4, 0.5) is 5.69 Å². The van der Waals surface area contributed by atoms with Crippen LogP contribution in [0.1, 0.15) is 66.8 Å². The molecule has 2 aromatic carbocycles. The number of hydrogen-bond donors (Lipinski definition) is 1. The molecule has 0 bridgehead atoms. The average Bonchev–Trinajstić information content (AvgIpc) is 3.30. The van der Waals surface area contributed by atoms with Gasteiger partial charge in [-0.3, -0.25) is 14.5 Å². The Hall–Kier alpha value is -3.19.